The number of urea groups is 1. The van der Waals surface area contributed by atoms with Crippen LogP contribution in [0.5, 0.6) is 0 Å². The summed E-state index contributed by atoms with van der Waals surface area (Å²) in [5.74, 6) is 0.262. The molecule has 1 aromatic rings. The molecule has 0 spiro atoms. The SMILES string of the molecule is O=C(N=Nc1ccc(Cl)nn1)NC1CCCCC1. The number of amides is 2. The van der Waals surface area contributed by atoms with Gasteiger partial charge in [0.1, 0.15) is 0 Å². The van der Waals surface area contributed by atoms with Crippen LogP contribution >= 0.6 is 11.6 Å². The normalized spacial score (nSPS) is 16.9. The Bertz CT molecular complexity index is 428. The second-order valence-electron chi connectivity index (χ2n) is 4.20. The molecule has 1 aliphatic rings. The van der Waals surface area contributed by atoms with Crippen molar-refractivity contribution in [2.45, 2.75) is 38.1 Å². The number of aromatic nitrogens is 2. The number of rotatable bonds is 2. The molecule has 18 heavy (non-hydrogen) atoms. The first-order valence-electron chi connectivity index (χ1n) is 5.95. The summed E-state index contributed by atoms with van der Waals surface area (Å²) in [7, 11) is 0. The second kappa shape index (κ2) is 6.39. The lowest BCUT2D eigenvalue weighted by atomic mass is 9.96. The number of carbonyl (C=O) groups excluding carboxylic acids is 1. The molecule has 6 nitrogen and oxygen atoms in total. The van der Waals surface area contributed by atoms with Crippen LogP contribution in [0.15, 0.2) is 22.4 Å². The zero-order valence-electron chi connectivity index (χ0n) is 9.84. The van der Waals surface area contributed by atoms with E-state index in [1.165, 1.54) is 6.42 Å². The lowest BCUT2D eigenvalue weighted by molar-refractivity contribution is 0.240. The van der Waals surface area contributed by atoms with E-state index < -0.39 is 6.03 Å². The highest BCUT2D eigenvalue weighted by molar-refractivity contribution is 6.29. The molecular weight excluding hydrogens is 254 g/mol. The summed E-state index contributed by atoms with van der Waals surface area (Å²) in [6, 6.07) is 2.88. The monoisotopic (exact) mass is 267 g/mol. The number of hydrogen-bond acceptors (Lipinski definition) is 4. The highest BCUT2D eigenvalue weighted by Gasteiger charge is 2.15. The minimum Gasteiger partial charge on any atom is -0.332 e. The van der Waals surface area contributed by atoms with Gasteiger partial charge in [0.2, 0.25) is 0 Å². The molecule has 1 aliphatic carbocycles. The van der Waals surface area contributed by atoms with Gasteiger partial charge < -0.3 is 5.32 Å². The molecular formula is C11H14ClN5O. The van der Waals surface area contributed by atoms with E-state index in [9.17, 15) is 4.79 Å². The van der Waals surface area contributed by atoms with E-state index in [4.69, 9.17) is 11.6 Å². The standard InChI is InChI=1S/C11H14ClN5O/c12-9-6-7-10(15-14-9)16-17-11(18)13-8-4-2-1-3-5-8/h6-8H,1-5H2,(H,13,18). The summed E-state index contributed by atoms with van der Waals surface area (Å²) in [5.41, 5.74) is 0. The number of nitrogens with zero attached hydrogens (tertiary/aromatic N) is 4. The molecule has 7 heteroatoms. The van der Waals surface area contributed by atoms with E-state index in [0.717, 1.165) is 25.7 Å². The third kappa shape index (κ3) is 4.03. The molecule has 0 bridgehead atoms. The van der Waals surface area contributed by atoms with Crippen LogP contribution in [-0.4, -0.2) is 22.3 Å². The zero-order valence-corrected chi connectivity index (χ0v) is 10.6. The second-order valence-corrected chi connectivity index (χ2v) is 4.59. The van der Waals surface area contributed by atoms with Gasteiger partial charge in [0, 0.05) is 6.04 Å². The molecule has 1 saturated carbocycles. The molecule has 0 radical (unpaired) electrons. The molecule has 0 aliphatic heterocycles. The topological polar surface area (TPSA) is 79.6 Å². The van der Waals surface area contributed by atoms with Gasteiger partial charge in [-0.2, -0.15) is 0 Å². The fourth-order valence-corrected chi connectivity index (χ4v) is 2.01. The van der Waals surface area contributed by atoms with Crippen LogP contribution in [-0.2, 0) is 0 Å². The molecule has 1 N–H and O–H groups in total. The van der Waals surface area contributed by atoms with Crippen molar-refractivity contribution in [1.82, 2.24) is 15.5 Å². The van der Waals surface area contributed by atoms with Crippen LogP contribution in [0.25, 0.3) is 0 Å². The van der Waals surface area contributed by atoms with Gasteiger partial charge >= 0.3 is 6.03 Å². The average Bonchev–Trinajstić information content (AvgIpc) is 2.39. The molecule has 96 valence electrons. The number of halogens is 1. The summed E-state index contributed by atoms with van der Waals surface area (Å²) >= 11 is 5.58. The summed E-state index contributed by atoms with van der Waals surface area (Å²) in [5, 5.41) is 17.6. The minimum absolute atomic E-state index is 0.224. The van der Waals surface area contributed by atoms with Gasteiger partial charge in [-0.15, -0.1) is 15.3 Å². The van der Waals surface area contributed by atoms with Crippen LogP contribution in [0.4, 0.5) is 10.6 Å². The highest BCUT2D eigenvalue weighted by Crippen LogP contribution is 2.17. The number of carbonyl (C=O) groups is 1. The first-order valence-corrected chi connectivity index (χ1v) is 6.33. The maximum absolute atomic E-state index is 11.5. The third-order valence-corrected chi connectivity index (χ3v) is 3.00. The van der Waals surface area contributed by atoms with Crippen LogP contribution in [0, 0.1) is 0 Å². The van der Waals surface area contributed by atoms with E-state index in [-0.39, 0.29) is 17.0 Å². The van der Waals surface area contributed by atoms with E-state index in [2.05, 4.69) is 25.7 Å². The Morgan fingerprint density at radius 2 is 2.06 bits per heavy atom. The Hall–Kier alpha value is -1.56. The van der Waals surface area contributed by atoms with Crippen molar-refractivity contribution in [2.75, 3.05) is 0 Å². The molecule has 2 amide bonds. The third-order valence-electron chi connectivity index (χ3n) is 2.79. The smallest absolute Gasteiger partial charge is 0.332 e. The zero-order chi connectivity index (χ0) is 12.8. The van der Waals surface area contributed by atoms with E-state index in [1.54, 1.807) is 12.1 Å². The molecule has 0 unspecified atom stereocenters. The molecule has 0 atom stereocenters. The van der Waals surface area contributed by atoms with Crippen molar-refractivity contribution in [3.8, 4) is 0 Å². The van der Waals surface area contributed by atoms with Crippen molar-refractivity contribution in [3.05, 3.63) is 17.3 Å². The van der Waals surface area contributed by atoms with Crippen LogP contribution in [0.2, 0.25) is 5.15 Å². The van der Waals surface area contributed by atoms with Gasteiger partial charge in [-0.3, -0.25) is 0 Å². The van der Waals surface area contributed by atoms with Crippen molar-refractivity contribution in [2.24, 2.45) is 10.2 Å². The average molecular weight is 268 g/mol. The molecule has 0 saturated heterocycles. The van der Waals surface area contributed by atoms with Gasteiger partial charge in [0.15, 0.2) is 11.0 Å². The van der Waals surface area contributed by atoms with Crippen LogP contribution < -0.4 is 5.32 Å². The number of azo groups is 1. The van der Waals surface area contributed by atoms with Crippen molar-refractivity contribution >= 4 is 23.4 Å². The Kier molecular flexibility index (Phi) is 4.58. The fraction of sp³-hybridized carbons (Fsp3) is 0.545. The van der Waals surface area contributed by atoms with Gasteiger partial charge in [-0.05, 0) is 25.0 Å². The predicted molar refractivity (Wildman–Crippen MR) is 67.0 cm³/mol. The van der Waals surface area contributed by atoms with E-state index >= 15 is 0 Å². The fourth-order valence-electron chi connectivity index (χ4n) is 1.91. The van der Waals surface area contributed by atoms with Crippen LogP contribution in [0.1, 0.15) is 32.1 Å². The van der Waals surface area contributed by atoms with Crippen molar-refractivity contribution in [1.29, 1.82) is 0 Å². The highest BCUT2D eigenvalue weighted by atomic mass is 35.5. The van der Waals surface area contributed by atoms with E-state index in [1.807, 2.05) is 0 Å². The van der Waals surface area contributed by atoms with Gasteiger partial charge in [0.25, 0.3) is 0 Å². The Morgan fingerprint density at radius 1 is 1.28 bits per heavy atom. The minimum atomic E-state index is -0.432. The lowest BCUT2D eigenvalue weighted by Crippen LogP contribution is -2.34. The quantitative estimate of drug-likeness (QED) is 0.835. The number of hydrogen-bond donors (Lipinski definition) is 1. The predicted octanol–water partition coefficient (Wildman–Crippen LogP) is 3.26. The van der Waals surface area contributed by atoms with Crippen LogP contribution in [0.3, 0.4) is 0 Å². The largest absolute Gasteiger partial charge is 0.359 e. The number of nitrogens with one attached hydrogen (secondary N) is 1. The lowest BCUT2D eigenvalue weighted by Gasteiger charge is -2.21. The Morgan fingerprint density at radius 3 is 2.72 bits per heavy atom. The maximum Gasteiger partial charge on any atom is 0.359 e. The first-order chi connectivity index (χ1) is 8.74. The summed E-state index contributed by atoms with van der Waals surface area (Å²) in [6.45, 7) is 0. The maximum atomic E-state index is 11.5. The molecule has 0 aromatic carbocycles. The summed E-state index contributed by atoms with van der Waals surface area (Å²) in [6.07, 6.45) is 5.59. The molecule has 1 aromatic heterocycles. The molecule has 2 rings (SSSR count). The molecule has 1 fully saturated rings. The summed E-state index contributed by atoms with van der Waals surface area (Å²) < 4.78 is 0. The van der Waals surface area contributed by atoms with Gasteiger partial charge in [0.05, 0.1) is 0 Å². The van der Waals surface area contributed by atoms with Crippen molar-refractivity contribution < 1.29 is 4.79 Å². The Balaban J connectivity index is 1.84. The molecule has 1 heterocycles. The Labute approximate surface area is 110 Å². The van der Waals surface area contributed by atoms with Crippen molar-refractivity contribution in [3.63, 3.8) is 0 Å². The van der Waals surface area contributed by atoms with Gasteiger partial charge in [-0.1, -0.05) is 36.0 Å². The summed E-state index contributed by atoms with van der Waals surface area (Å²) in [4.78, 5) is 11.5. The van der Waals surface area contributed by atoms with E-state index in [0.29, 0.717) is 0 Å². The van der Waals surface area contributed by atoms with Gasteiger partial charge in [-0.25, -0.2) is 4.79 Å². The first kappa shape index (κ1) is 12.9.